The van der Waals surface area contributed by atoms with Crippen LogP contribution in [-0.2, 0) is 14.8 Å². The van der Waals surface area contributed by atoms with Crippen LogP contribution in [0.5, 0.6) is 5.75 Å². The summed E-state index contributed by atoms with van der Waals surface area (Å²) in [6, 6.07) is 6.79. The van der Waals surface area contributed by atoms with Crippen molar-refractivity contribution in [2.45, 2.75) is 63.3 Å². The van der Waals surface area contributed by atoms with Crippen molar-refractivity contribution < 1.29 is 17.9 Å². The number of carbonyl (C=O) groups is 1. The molecule has 2 aliphatic rings. The van der Waals surface area contributed by atoms with Gasteiger partial charge in [0.15, 0.2) is 0 Å². The van der Waals surface area contributed by atoms with Crippen molar-refractivity contribution in [1.29, 1.82) is 0 Å². The van der Waals surface area contributed by atoms with Crippen molar-refractivity contribution in [3.63, 3.8) is 0 Å². The number of ether oxygens (including phenoxy) is 1. The summed E-state index contributed by atoms with van der Waals surface area (Å²) >= 11 is 0. The van der Waals surface area contributed by atoms with Crippen molar-refractivity contribution >= 4 is 15.9 Å². The van der Waals surface area contributed by atoms with Crippen molar-refractivity contribution in [3.8, 4) is 5.75 Å². The summed E-state index contributed by atoms with van der Waals surface area (Å²) in [5.74, 6) is 0.642. The fraction of sp³-hybridized carbons (Fsp3) is 0.696. The normalized spacial score (nSPS) is 19.9. The first-order chi connectivity index (χ1) is 14.9. The average Bonchev–Trinajstić information content (AvgIpc) is 2.79. The van der Waals surface area contributed by atoms with Gasteiger partial charge in [-0.1, -0.05) is 13.3 Å². The zero-order valence-electron chi connectivity index (χ0n) is 18.9. The van der Waals surface area contributed by atoms with E-state index in [1.165, 1.54) is 17.1 Å². The Hall–Kier alpha value is -1.64. The topological polar surface area (TPSA) is 79.0 Å². The lowest BCUT2D eigenvalue weighted by atomic mass is 9.96. The molecule has 3 rings (SSSR count). The number of piperidine rings is 2. The van der Waals surface area contributed by atoms with Gasteiger partial charge in [0, 0.05) is 38.1 Å². The number of amides is 1. The van der Waals surface area contributed by atoms with E-state index < -0.39 is 10.0 Å². The van der Waals surface area contributed by atoms with Gasteiger partial charge >= 0.3 is 0 Å². The number of hydrogen-bond acceptors (Lipinski definition) is 5. The smallest absolute Gasteiger partial charge is 0.243 e. The minimum atomic E-state index is -3.54. The highest BCUT2D eigenvalue weighted by atomic mass is 32.2. The molecule has 1 aromatic carbocycles. The van der Waals surface area contributed by atoms with E-state index in [1.54, 1.807) is 24.3 Å². The summed E-state index contributed by atoms with van der Waals surface area (Å²) < 4.78 is 32.8. The summed E-state index contributed by atoms with van der Waals surface area (Å²) in [5, 5.41) is 3.22. The molecule has 2 heterocycles. The molecule has 8 heteroatoms. The number of carbonyl (C=O) groups excluding carboxylic acids is 1. The first-order valence-corrected chi connectivity index (χ1v) is 13.1. The van der Waals surface area contributed by atoms with Crippen LogP contribution < -0.4 is 10.1 Å². The lowest BCUT2D eigenvalue weighted by Crippen LogP contribution is -2.48. The van der Waals surface area contributed by atoms with Crippen LogP contribution in [0.1, 0.15) is 52.4 Å². The summed E-state index contributed by atoms with van der Waals surface area (Å²) in [4.78, 5) is 15.5. The van der Waals surface area contributed by atoms with E-state index >= 15 is 0 Å². The quantitative estimate of drug-likeness (QED) is 0.625. The Kier molecular flexibility index (Phi) is 8.75. The number of hydrogen-bond donors (Lipinski definition) is 1. The molecule has 174 valence electrons. The molecule has 0 atom stereocenters. The number of unbranched alkanes of at least 4 members (excludes halogenated alkanes) is 1. The number of nitrogens with zero attached hydrogens (tertiary/aromatic N) is 2. The van der Waals surface area contributed by atoms with Crippen LogP contribution in [0.2, 0.25) is 0 Å². The number of nitrogens with one attached hydrogen (secondary N) is 1. The van der Waals surface area contributed by atoms with Crippen molar-refractivity contribution in [2.75, 3.05) is 39.3 Å². The third kappa shape index (κ3) is 6.43. The van der Waals surface area contributed by atoms with E-state index in [0.29, 0.717) is 38.3 Å². The first-order valence-electron chi connectivity index (χ1n) is 11.7. The van der Waals surface area contributed by atoms with Crippen molar-refractivity contribution in [3.05, 3.63) is 24.3 Å². The standard InChI is InChI=1S/C23H37N3O4S/c1-3-5-14-25-15-12-20(13-16-25)24-23(27)19-10-17-26(18-11-19)31(28,29)22-8-6-21(7-9-22)30-4-2/h6-9,19-20H,3-5,10-18H2,1-2H3,(H,24,27). The molecule has 2 fully saturated rings. The zero-order valence-corrected chi connectivity index (χ0v) is 19.7. The van der Waals surface area contributed by atoms with E-state index in [4.69, 9.17) is 4.74 Å². The maximum Gasteiger partial charge on any atom is 0.243 e. The molecular formula is C23H37N3O4S. The molecule has 1 amide bonds. The summed E-state index contributed by atoms with van der Waals surface area (Å²) in [5.41, 5.74) is 0. The third-order valence-electron chi connectivity index (χ3n) is 6.36. The van der Waals surface area contributed by atoms with Crippen molar-refractivity contribution in [1.82, 2.24) is 14.5 Å². The van der Waals surface area contributed by atoms with Crippen LogP contribution in [0.4, 0.5) is 0 Å². The molecule has 2 aliphatic heterocycles. The molecule has 0 aromatic heterocycles. The molecule has 0 radical (unpaired) electrons. The zero-order chi connectivity index (χ0) is 22.3. The lowest BCUT2D eigenvalue weighted by Gasteiger charge is -2.34. The minimum absolute atomic E-state index is 0.0881. The predicted molar refractivity (Wildman–Crippen MR) is 122 cm³/mol. The minimum Gasteiger partial charge on any atom is -0.494 e. The van der Waals surface area contributed by atoms with E-state index in [1.807, 2.05) is 6.92 Å². The van der Waals surface area contributed by atoms with Crippen LogP contribution in [0.25, 0.3) is 0 Å². The van der Waals surface area contributed by atoms with Gasteiger partial charge in [-0.15, -0.1) is 0 Å². The highest BCUT2D eigenvalue weighted by molar-refractivity contribution is 7.89. The first kappa shape index (κ1) is 24.0. The van der Waals surface area contributed by atoms with Crippen LogP contribution in [0.15, 0.2) is 29.2 Å². The van der Waals surface area contributed by atoms with Gasteiger partial charge in [0.25, 0.3) is 0 Å². The molecule has 1 N–H and O–H groups in total. The third-order valence-corrected chi connectivity index (χ3v) is 8.27. The van der Waals surface area contributed by atoms with Gasteiger partial charge in [-0.3, -0.25) is 4.79 Å². The molecule has 0 spiro atoms. The Morgan fingerprint density at radius 2 is 1.68 bits per heavy atom. The molecule has 0 saturated carbocycles. The molecule has 2 saturated heterocycles. The van der Waals surface area contributed by atoms with Gasteiger partial charge < -0.3 is 15.0 Å². The van der Waals surface area contributed by atoms with Crippen LogP contribution in [0, 0.1) is 5.92 Å². The van der Waals surface area contributed by atoms with Crippen molar-refractivity contribution in [2.24, 2.45) is 5.92 Å². The number of benzene rings is 1. The van der Waals surface area contributed by atoms with E-state index in [-0.39, 0.29) is 22.8 Å². The summed E-state index contributed by atoms with van der Waals surface area (Å²) in [7, 11) is -3.54. The number of sulfonamides is 1. The average molecular weight is 452 g/mol. The maximum atomic E-state index is 12.9. The van der Waals surface area contributed by atoms with Gasteiger partial charge in [0.2, 0.25) is 15.9 Å². The maximum absolute atomic E-state index is 12.9. The van der Waals surface area contributed by atoms with Crippen LogP contribution in [0.3, 0.4) is 0 Å². The highest BCUT2D eigenvalue weighted by Gasteiger charge is 2.33. The Bertz CT molecular complexity index is 797. The predicted octanol–water partition coefficient (Wildman–Crippen LogP) is 2.87. The van der Waals surface area contributed by atoms with Gasteiger partial charge in [-0.05, 0) is 69.8 Å². The molecule has 0 aliphatic carbocycles. The molecule has 31 heavy (non-hydrogen) atoms. The van der Waals surface area contributed by atoms with Crippen LogP contribution >= 0.6 is 0 Å². The van der Waals surface area contributed by atoms with E-state index in [9.17, 15) is 13.2 Å². The Morgan fingerprint density at radius 3 is 2.26 bits per heavy atom. The summed E-state index contributed by atoms with van der Waals surface area (Å²) in [6.45, 7) is 8.64. The fourth-order valence-corrected chi connectivity index (χ4v) is 5.85. The number of rotatable bonds is 9. The fourth-order valence-electron chi connectivity index (χ4n) is 4.38. The second kappa shape index (κ2) is 11.3. The van der Waals surface area contributed by atoms with Gasteiger partial charge in [-0.25, -0.2) is 8.42 Å². The lowest BCUT2D eigenvalue weighted by molar-refractivity contribution is -0.127. The Labute approximate surface area is 187 Å². The van der Waals surface area contributed by atoms with Gasteiger partial charge in [0.05, 0.1) is 11.5 Å². The molecule has 0 unspecified atom stereocenters. The van der Waals surface area contributed by atoms with Gasteiger partial charge in [0.1, 0.15) is 5.75 Å². The van der Waals surface area contributed by atoms with Gasteiger partial charge in [-0.2, -0.15) is 4.31 Å². The molecule has 0 bridgehead atoms. The summed E-state index contributed by atoms with van der Waals surface area (Å²) in [6.07, 6.45) is 5.58. The molecular weight excluding hydrogens is 414 g/mol. The number of likely N-dealkylation sites (tertiary alicyclic amines) is 1. The highest BCUT2D eigenvalue weighted by Crippen LogP contribution is 2.25. The Morgan fingerprint density at radius 1 is 1.03 bits per heavy atom. The SMILES string of the molecule is CCCCN1CCC(NC(=O)C2CCN(S(=O)(=O)c3ccc(OCC)cc3)CC2)CC1. The Balaban J connectivity index is 1.46. The molecule has 1 aromatic rings. The van der Waals surface area contributed by atoms with Crippen LogP contribution in [-0.4, -0.2) is 68.9 Å². The van der Waals surface area contributed by atoms with E-state index in [0.717, 1.165) is 32.5 Å². The molecule has 7 nitrogen and oxygen atoms in total. The second-order valence-corrected chi connectivity index (χ2v) is 10.5. The van der Waals surface area contributed by atoms with E-state index in [2.05, 4.69) is 17.1 Å². The second-order valence-electron chi connectivity index (χ2n) is 8.56. The monoisotopic (exact) mass is 451 g/mol. The largest absolute Gasteiger partial charge is 0.494 e.